The van der Waals surface area contributed by atoms with E-state index in [2.05, 4.69) is 55.5 Å². The number of aliphatic hydroxyl groups excluding tert-OH is 1. The number of fused-ring (bicyclic) bond motifs is 3. The molecule has 0 bridgehead atoms. The van der Waals surface area contributed by atoms with Gasteiger partial charge in [-0.15, -0.1) is 0 Å². The number of hydrogen-bond donors (Lipinski definition) is 1. The van der Waals surface area contributed by atoms with Gasteiger partial charge in [0.2, 0.25) is 0 Å². The molecule has 0 heterocycles. The fourth-order valence-corrected chi connectivity index (χ4v) is 4.34. The van der Waals surface area contributed by atoms with Crippen LogP contribution in [0.1, 0.15) is 34.6 Å². The van der Waals surface area contributed by atoms with Crippen LogP contribution < -0.4 is 0 Å². The van der Waals surface area contributed by atoms with E-state index >= 15 is 0 Å². The molecule has 1 saturated carbocycles. The van der Waals surface area contributed by atoms with E-state index in [0.717, 1.165) is 6.42 Å². The predicted octanol–water partition coefficient (Wildman–Crippen LogP) is 3.87. The van der Waals surface area contributed by atoms with Crippen LogP contribution in [0.3, 0.4) is 0 Å². The Morgan fingerprint density at radius 2 is 1.86 bits per heavy atom. The highest BCUT2D eigenvalue weighted by Gasteiger charge is 2.55. The van der Waals surface area contributed by atoms with Gasteiger partial charge in [-0.25, -0.2) is 0 Å². The summed E-state index contributed by atoms with van der Waals surface area (Å²) in [7, 11) is 0. The lowest BCUT2D eigenvalue weighted by Gasteiger charge is -2.14. The molecule has 1 nitrogen and oxygen atoms in total. The van der Waals surface area contributed by atoms with E-state index in [1.165, 1.54) is 35.1 Å². The van der Waals surface area contributed by atoms with Gasteiger partial charge in [0.1, 0.15) is 0 Å². The van der Waals surface area contributed by atoms with E-state index in [-0.39, 0.29) is 6.10 Å². The van der Waals surface area contributed by atoms with Crippen LogP contribution in [0.5, 0.6) is 0 Å². The molecule has 2 aliphatic carbocycles. The molecule has 108 valence electrons. The smallest absolute Gasteiger partial charge is 0.0617 e. The Bertz CT molecular complexity index is 660. The molecule has 4 atom stereocenters. The van der Waals surface area contributed by atoms with Gasteiger partial charge in [0.25, 0.3) is 0 Å². The third kappa shape index (κ3) is 2.20. The maximum atomic E-state index is 10.7. The van der Waals surface area contributed by atoms with E-state index in [9.17, 15) is 5.11 Å². The molecule has 2 aromatic carbocycles. The summed E-state index contributed by atoms with van der Waals surface area (Å²) < 4.78 is 0. The van der Waals surface area contributed by atoms with Gasteiger partial charge < -0.3 is 5.11 Å². The SMILES string of the molecule is Cc1ccccc1CC(O)C1C2CCc3ccccc3C21. The minimum Gasteiger partial charge on any atom is -0.392 e. The third-order valence-electron chi connectivity index (χ3n) is 5.53. The fourth-order valence-electron chi connectivity index (χ4n) is 4.34. The van der Waals surface area contributed by atoms with Gasteiger partial charge in [-0.1, -0.05) is 48.5 Å². The summed E-state index contributed by atoms with van der Waals surface area (Å²) in [6, 6.07) is 17.2. The summed E-state index contributed by atoms with van der Waals surface area (Å²) in [4.78, 5) is 0. The summed E-state index contributed by atoms with van der Waals surface area (Å²) in [5.41, 5.74) is 5.59. The first-order valence-corrected chi connectivity index (χ1v) is 8.06. The van der Waals surface area contributed by atoms with Gasteiger partial charge in [0, 0.05) is 0 Å². The Kier molecular flexibility index (Phi) is 3.11. The number of aliphatic hydroxyl groups is 1. The summed E-state index contributed by atoms with van der Waals surface area (Å²) in [6.07, 6.45) is 3.03. The molecule has 1 fully saturated rings. The number of hydrogen-bond acceptors (Lipinski definition) is 1. The Hall–Kier alpha value is -1.60. The average molecular weight is 278 g/mol. The van der Waals surface area contributed by atoms with E-state index in [0.29, 0.717) is 17.8 Å². The number of rotatable bonds is 3. The topological polar surface area (TPSA) is 20.2 Å². The van der Waals surface area contributed by atoms with Crippen LogP contribution in [0.2, 0.25) is 0 Å². The van der Waals surface area contributed by atoms with Gasteiger partial charge in [-0.2, -0.15) is 0 Å². The standard InChI is InChI=1S/C20H22O/c1-13-6-2-3-8-15(13)12-18(21)20-17-11-10-14-7-4-5-9-16(14)19(17)20/h2-9,17-21H,10-12H2,1H3. The van der Waals surface area contributed by atoms with Crippen molar-refractivity contribution in [1.29, 1.82) is 0 Å². The summed E-state index contributed by atoms with van der Waals surface area (Å²) in [6.45, 7) is 2.14. The van der Waals surface area contributed by atoms with Crippen LogP contribution in [-0.4, -0.2) is 11.2 Å². The van der Waals surface area contributed by atoms with Gasteiger partial charge >= 0.3 is 0 Å². The Labute approximate surface area is 126 Å². The fraction of sp³-hybridized carbons (Fsp3) is 0.400. The molecule has 1 heteroatoms. The second kappa shape index (κ2) is 4.99. The molecular weight excluding hydrogens is 256 g/mol. The first-order valence-electron chi connectivity index (χ1n) is 8.06. The molecule has 0 aliphatic heterocycles. The van der Waals surface area contributed by atoms with Crippen LogP contribution in [0.25, 0.3) is 0 Å². The predicted molar refractivity (Wildman–Crippen MR) is 85.4 cm³/mol. The van der Waals surface area contributed by atoms with Crippen molar-refractivity contribution >= 4 is 0 Å². The molecule has 4 unspecified atom stereocenters. The van der Waals surface area contributed by atoms with Crippen molar-refractivity contribution in [2.75, 3.05) is 0 Å². The molecule has 0 spiro atoms. The Morgan fingerprint density at radius 1 is 1.10 bits per heavy atom. The molecule has 0 aromatic heterocycles. The first-order chi connectivity index (χ1) is 10.3. The van der Waals surface area contributed by atoms with E-state index in [4.69, 9.17) is 0 Å². The van der Waals surface area contributed by atoms with Gasteiger partial charge in [-0.05, 0) is 66.2 Å². The maximum Gasteiger partial charge on any atom is 0.0617 e. The molecule has 21 heavy (non-hydrogen) atoms. The zero-order chi connectivity index (χ0) is 14.4. The molecule has 0 radical (unpaired) electrons. The lowest BCUT2D eigenvalue weighted by atomic mass is 9.92. The monoisotopic (exact) mass is 278 g/mol. The van der Waals surface area contributed by atoms with Crippen molar-refractivity contribution in [3.05, 3.63) is 70.8 Å². The summed E-state index contributed by atoms with van der Waals surface area (Å²) >= 11 is 0. The molecule has 4 rings (SSSR count). The van der Waals surface area contributed by atoms with Crippen molar-refractivity contribution in [2.24, 2.45) is 11.8 Å². The van der Waals surface area contributed by atoms with Crippen LogP contribution in [0.4, 0.5) is 0 Å². The van der Waals surface area contributed by atoms with Crippen LogP contribution >= 0.6 is 0 Å². The first kappa shape index (κ1) is 13.1. The van der Waals surface area contributed by atoms with E-state index in [1.54, 1.807) is 0 Å². The van der Waals surface area contributed by atoms with Crippen molar-refractivity contribution in [1.82, 2.24) is 0 Å². The highest BCUT2D eigenvalue weighted by molar-refractivity contribution is 5.40. The Morgan fingerprint density at radius 3 is 2.71 bits per heavy atom. The lowest BCUT2D eigenvalue weighted by molar-refractivity contribution is 0.143. The van der Waals surface area contributed by atoms with Crippen LogP contribution in [0, 0.1) is 18.8 Å². The Balaban J connectivity index is 1.53. The van der Waals surface area contributed by atoms with Crippen molar-refractivity contribution < 1.29 is 5.11 Å². The minimum atomic E-state index is -0.202. The zero-order valence-corrected chi connectivity index (χ0v) is 12.5. The molecule has 2 aromatic rings. The average Bonchev–Trinajstić information content (AvgIpc) is 3.24. The molecule has 0 saturated heterocycles. The highest BCUT2D eigenvalue weighted by atomic mass is 16.3. The maximum absolute atomic E-state index is 10.7. The highest BCUT2D eigenvalue weighted by Crippen LogP contribution is 2.61. The number of benzene rings is 2. The van der Waals surface area contributed by atoms with Gasteiger partial charge in [0.05, 0.1) is 6.10 Å². The zero-order valence-electron chi connectivity index (χ0n) is 12.5. The van der Waals surface area contributed by atoms with Crippen LogP contribution in [-0.2, 0) is 12.8 Å². The van der Waals surface area contributed by atoms with Gasteiger partial charge in [0.15, 0.2) is 0 Å². The largest absolute Gasteiger partial charge is 0.392 e. The molecule has 1 N–H and O–H groups in total. The molecular formula is C20H22O. The molecule has 2 aliphatic rings. The van der Waals surface area contributed by atoms with E-state index < -0.39 is 0 Å². The second-order valence-corrected chi connectivity index (χ2v) is 6.70. The van der Waals surface area contributed by atoms with Crippen LogP contribution in [0.15, 0.2) is 48.5 Å². The van der Waals surface area contributed by atoms with E-state index in [1.807, 2.05) is 0 Å². The summed E-state index contributed by atoms with van der Waals surface area (Å²) in [5, 5.41) is 10.7. The number of aryl methyl sites for hydroxylation is 2. The lowest BCUT2D eigenvalue weighted by Crippen LogP contribution is -2.15. The van der Waals surface area contributed by atoms with Crippen molar-refractivity contribution in [2.45, 2.75) is 38.2 Å². The normalized spacial score (nSPS) is 27.6. The molecule has 0 amide bonds. The summed E-state index contributed by atoms with van der Waals surface area (Å²) in [5.74, 6) is 1.78. The van der Waals surface area contributed by atoms with Crippen molar-refractivity contribution in [3.8, 4) is 0 Å². The van der Waals surface area contributed by atoms with Crippen molar-refractivity contribution in [3.63, 3.8) is 0 Å². The van der Waals surface area contributed by atoms with Gasteiger partial charge in [-0.3, -0.25) is 0 Å². The third-order valence-corrected chi connectivity index (χ3v) is 5.53. The quantitative estimate of drug-likeness (QED) is 0.903. The second-order valence-electron chi connectivity index (χ2n) is 6.70. The minimum absolute atomic E-state index is 0.202.